The average Bonchev–Trinajstić information content (AvgIpc) is 3.06. The molecule has 7 nitrogen and oxygen atoms in total. The second-order valence-electron chi connectivity index (χ2n) is 6.18. The maximum atomic E-state index is 12.8. The second-order valence-corrected chi connectivity index (χ2v) is 7.49. The average molecular weight is 413 g/mol. The first kappa shape index (κ1) is 20.2. The third-order valence-electron chi connectivity index (χ3n) is 4.04. The molecular weight excluding hydrogens is 395 g/mol. The number of carbonyl (C=O) groups excluding carboxylic acids is 1. The minimum absolute atomic E-state index is 0.190. The molecule has 1 N–H and O–H groups in total. The normalized spacial score (nSPS) is 13.2. The molecule has 0 aliphatic heterocycles. The first-order chi connectivity index (χ1) is 13.2. The van der Waals surface area contributed by atoms with Crippen molar-refractivity contribution >= 4 is 34.3 Å². The molecule has 0 aliphatic carbocycles. The number of aryl methyl sites for hydroxylation is 1. The lowest BCUT2D eigenvalue weighted by Gasteiger charge is -2.13. The van der Waals surface area contributed by atoms with Gasteiger partial charge in [0.05, 0.1) is 16.2 Å². The van der Waals surface area contributed by atoms with E-state index in [0.29, 0.717) is 34.8 Å². The van der Waals surface area contributed by atoms with Crippen molar-refractivity contribution in [1.29, 1.82) is 0 Å². The van der Waals surface area contributed by atoms with Crippen molar-refractivity contribution in [2.75, 3.05) is 6.54 Å². The van der Waals surface area contributed by atoms with Crippen LogP contribution in [0.25, 0.3) is 16.7 Å². The van der Waals surface area contributed by atoms with Gasteiger partial charge in [0.2, 0.25) is 11.7 Å². The van der Waals surface area contributed by atoms with Gasteiger partial charge in [-0.05, 0) is 25.5 Å². The third kappa shape index (κ3) is 3.98. The lowest BCUT2D eigenvalue weighted by atomic mass is 10.2. The predicted molar refractivity (Wildman–Crippen MR) is 99.4 cm³/mol. The summed E-state index contributed by atoms with van der Waals surface area (Å²) in [6.45, 7) is 2.47. The van der Waals surface area contributed by atoms with Crippen LogP contribution >= 0.6 is 11.8 Å². The minimum atomic E-state index is -4.48. The molecule has 3 rings (SSSR count). The Kier molecular flexibility index (Phi) is 5.64. The fourth-order valence-corrected chi connectivity index (χ4v) is 3.66. The number of alkyl halides is 3. The summed E-state index contributed by atoms with van der Waals surface area (Å²) < 4.78 is 40.1. The number of benzene rings is 1. The van der Waals surface area contributed by atoms with Gasteiger partial charge in [-0.1, -0.05) is 30.8 Å². The van der Waals surface area contributed by atoms with Crippen LogP contribution in [0.4, 0.5) is 13.2 Å². The van der Waals surface area contributed by atoms with Crippen LogP contribution in [0.1, 0.15) is 20.3 Å². The number of halogens is 3. The van der Waals surface area contributed by atoms with Crippen LogP contribution in [0, 0.1) is 0 Å². The summed E-state index contributed by atoms with van der Waals surface area (Å²) >= 11 is 0.980. The van der Waals surface area contributed by atoms with E-state index < -0.39 is 23.9 Å². The molecule has 0 saturated heterocycles. The number of fused-ring (bicyclic) bond motifs is 3. The minimum Gasteiger partial charge on any atom is -0.346 e. The molecule has 3 aromatic rings. The van der Waals surface area contributed by atoms with Crippen molar-refractivity contribution in [3.63, 3.8) is 0 Å². The Morgan fingerprint density at radius 2 is 2.00 bits per heavy atom. The summed E-state index contributed by atoms with van der Waals surface area (Å²) in [5.74, 6) is -0.429. The number of nitrogens with one attached hydrogen (secondary N) is 1. The number of amides is 1. The highest BCUT2D eigenvalue weighted by Crippen LogP contribution is 2.25. The molecule has 0 radical (unpaired) electrons. The highest BCUT2D eigenvalue weighted by molar-refractivity contribution is 8.00. The van der Waals surface area contributed by atoms with Gasteiger partial charge in [0.15, 0.2) is 5.16 Å². The van der Waals surface area contributed by atoms with Gasteiger partial charge in [-0.25, -0.2) is 0 Å². The summed E-state index contributed by atoms with van der Waals surface area (Å²) in [4.78, 5) is 24.8. The lowest BCUT2D eigenvalue weighted by Crippen LogP contribution is -2.38. The zero-order valence-electron chi connectivity index (χ0n) is 15.2. The standard InChI is InChI=1S/C17H18F3N5O2S/c1-3-8-24-14(27)11-6-4-5-7-12(11)25-15(24)22-23-16(25)28-10(2)13(26)21-9-17(18,19)20/h4-7,10H,3,8-9H2,1-2H3,(H,21,26). The smallest absolute Gasteiger partial charge is 0.346 e. The highest BCUT2D eigenvalue weighted by atomic mass is 32.2. The largest absolute Gasteiger partial charge is 0.405 e. The molecule has 2 aromatic heterocycles. The fourth-order valence-electron chi connectivity index (χ4n) is 2.78. The maximum Gasteiger partial charge on any atom is 0.405 e. The zero-order chi connectivity index (χ0) is 20.5. The summed E-state index contributed by atoms with van der Waals surface area (Å²) in [6.07, 6.45) is -3.77. The summed E-state index contributed by atoms with van der Waals surface area (Å²) in [5, 5.41) is 9.99. The van der Waals surface area contributed by atoms with Crippen LogP contribution in [-0.4, -0.2) is 43.0 Å². The van der Waals surface area contributed by atoms with Gasteiger partial charge in [-0.2, -0.15) is 13.2 Å². The predicted octanol–water partition coefficient (Wildman–Crippen LogP) is 2.61. The molecule has 0 spiro atoms. The van der Waals surface area contributed by atoms with Crippen LogP contribution < -0.4 is 10.9 Å². The van der Waals surface area contributed by atoms with Crippen LogP contribution in [0.5, 0.6) is 0 Å². The lowest BCUT2D eigenvalue weighted by molar-refractivity contribution is -0.137. The number of para-hydroxylation sites is 1. The van der Waals surface area contributed by atoms with E-state index in [1.165, 1.54) is 11.5 Å². The van der Waals surface area contributed by atoms with Crippen LogP contribution in [0.3, 0.4) is 0 Å². The van der Waals surface area contributed by atoms with E-state index in [-0.39, 0.29) is 5.56 Å². The Morgan fingerprint density at radius 1 is 1.29 bits per heavy atom. The molecule has 0 saturated carbocycles. The van der Waals surface area contributed by atoms with Gasteiger partial charge in [0.1, 0.15) is 6.54 Å². The molecular formula is C17H18F3N5O2S. The third-order valence-corrected chi connectivity index (χ3v) is 5.08. The quantitative estimate of drug-likeness (QED) is 0.629. The van der Waals surface area contributed by atoms with Crippen LogP contribution in [0.15, 0.2) is 34.2 Å². The molecule has 1 aromatic carbocycles. The van der Waals surface area contributed by atoms with Crippen molar-refractivity contribution in [2.24, 2.45) is 0 Å². The Labute approximate surface area is 161 Å². The maximum absolute atomic E-state index is 12.8. The van der Waals surface area contributed by atoms with Gasteiger partial charge < -0.3 is 5.32 Å². The fraction of sp³-hybridized carbons (Fsp3) is 0.412. The highest BCUT2D eigenvalue weighted by Gasteiger charge is 2.29. The van der Waals surface area contributed by atoms with Crippen molar-refractivity contribution in [2.45, 2.75) is 43.4 Å². The number of hydrogen-bond acceptors (Lipinski definition) is 5. The molecule has 0 aliphatic rings. The van der Waals surface area contributed by atoms with E-state index in [0.717, 1.165) is 11.8 Å². The van der Waals surface area contributed by atoms with Crippen molar-refractivity contribution in [3.8, 4) is 0 Å². The topological polar surface area (TPSA) is 81.3 Å². The number of aromatic nitrogens is 4. The first-order valence-electron chi connectivity index (χ1n) is 8.60. The number of carbonyl (C=O) groups is 1. The SMILES string of the molecule is CCCn1c(=O)c2ccccc2n2c(SC(C)C(=O)NCC(F)(F)F)nnc12. The molecule has 0 fully saturated rings. The molecule has 1 amide bonds. The monoisotopic (exact) mass is 413 g/mol. The molecule has 28 heavy (non-hydrogen) atoms. The Balaban J connectivity index is 2.01. The van der Waals surface area contributed by atoms with E-state index in [1.54, 1.807) is 28.7 Å². The number of hydrogen-bond donors (Lipinski definition) is 1. The number of rotatable bonds is 6. The van der Waals surface area contributed by atoms with Crippen molar-refractivity contribution < 1.29 is 18.0 Å². The summed E-state index contributed by atoms with van der Waals surface area (Å²) in [6, 6.07) is 6.94. The molecule has 2 heterocycles. The number of nitrogens with zero attached hydrogens (tertiary/aromatic N) is 4. The Morgan fingerprint density at radius 3 is 2.68 bits per heavy atom. The van der Waals surface area contributed by atoms with Crippen molar-refractivity contribution in [1.82, 2.24) is 24.5 Å². The molecule has 11 heteroatoms. The van der Waals surface area contributed by atoms with E-state index in [4.69, 9.17) is 0 Å². The second kappa shape index (κ2) is 7.82. The molecule has 1 atom stereocenters. The van der Waals surface area contributed by atoms with Gasteiger partial charge in [0.25, 0.3) is 5.56 Å². The van der Waals surface area contributed by atoms with Crippen LogP contribution in [0.2, 0.25) is 0 Å². The summed E-state index contributed by atoms with van der Waals surface area (Å²) in [5.41, 5.74) is 0.384. The Bertz CT molecular complexity index is 1080. The van der Waals surface area contributed by atoms with E-state index >= 15 is 0 Å². The van der Waals surface area contributed by atoms with E-state index in [2.05, 4.69) is 10.2 Å². The van der Waals surface area contributed by atoms with E-state index in [9.17, 15) is 22.8 Å². The van der Waals surface area contributed by atoms with Gasteiger partial charge in [-0.3, -0.25) is 18.6 Å². The zero-order valence-corrected chi connectivity index (χ0v) is 16.0. The number of thioether (sulfide) groups is 1. The van der Waals surface area contributed by atoms with Crippen molar-refractivity contribution in [3.05, 3.63) is 34.6 Å². The molecule has 150 valence electrons. The molecule has 0 bridgehead atoms. The summed E-state index contributed by atoms with van der Waals surface area (Å²) in [7, 11) is 0. The van der Waals surface area contributed by atoms with Crippen LogP contribution in [-0.2, 0) is 11.3 Å². The van der Waals surface area contributed by atoms with E-state index in [1.807, 2.05) is 12.2 Å². The van der Waals surface area contributed by atoms with Gasteiger partial charge in [0, 0.05) is 6.54 Å². The van der Waals surface area contributed by atoms with Gasteiger partial charge in [-0.15, -0.1) is 10.2 Å². The Hall–Kier alpha value is -2.56. The first-order valence-corrected chi connectivity index (χ1v) is 9.48. The van der Waals surface area contributed by atoms with Gasteiger partial charge >= 0.3 is 6.18 Å². The molecule has 1 unspecified atom stereocenters.